The molecule has 0 saturated carbocycles. The number of piperazine rings is 1. The summed E-state index contributed by atoms with van der Waals surface area (Å²) >= 11 is 0. The molecule has 0 aromatic heterocycles. The van der Waals surface area contributed by atoms with Crippen LogP contribution in [0.3, 0.4) is 0 Å². The summed E-state index contributed by atoms with van der Waals surface area (Å²) in [6, 6.07) is 1.46. The van der Waals surface area contributed by atoms with Gasteiger partial charge in [-0.05, 0) is 39.2 Å². The Morgan fingerprint density at radius 1 is 1.10 bits per heavy atom. The Kier molecular flexibility index (Phi) is 4.89. The van der Waals surface area contributed by atoms with Gasteiger partial charge in [-0.25, -0.2) is 0 Å². The van der Waals surface area contributed by atoms with Crippen molar-refractivity contribution >= 4 is 0 Å². The molecular formula is C17H34N4. The molecule has 3 unspecified atom stereocenters. The molecule has 3 atom stereocenters. The first-order valence-corrected chi connectivity index (χ1v) is 9.14. The average Bonchev–Trinajstić information content (AvgIpc) is 2.94. The van der Waals surface area contributed by atoms with E-state index in [1.54, 1.807) is 0 Å². The summed E-state index contributed by atoms with van der Waals surface area (Å²) in [5.74, 6) is 0. The van der Waals surface area contributed by atoms with Gasteiger partial charge in [0, 0.05) is 56.9 Å². The van der Waals surface area contributed by atoms with E-state index in [2.05, 4.69) is 28.5 Å². The molecule has 3 heterocycles. The van der Waals surface area contributed by atoms with Gasteiger partial charge in [-0.3, -0.25) is 14.7 Å². The van der Waals surface area contributed by atoms with Gasteiger partial charge in [0.15, 0.2) is 0 Å². The molecule has 4 heteroatoms. The van der Waals surface area contributed by atoms with Crippen LogP contribution in [0, 0.1) is 0 Å². The van der Waals surface area contributed by atoms with Gasteiger partial charge >= 0.3 is 0 Å². The Hall–Kier alpha value is -0.160. The number of hydrogen-bond donors (Lipinski definition) is 1. The molecule has 0 bridgehead atoms. The predicted molar refractivity (Wildman–Crippen MR) is 88.5 cm³/mol. The van der Waals surface area contributed by atoms with Crippen molar-refractivity contribution in [2.75, 3.05) is 45.8 Å². The minimum Gasteiger partial charge on any atom is -0.329 e. The SMILES string of the molecule is CCC(C)N1CCN(C2(CN)CCN3CCCCC32)CC1. The Morgan fingerprint density at radius 2 is 1.86 bits per heavy atom. The monoisotopic (exact) mass is 294 g/mol. The maximum Gasteiger partial charge on any atom is 0.0499 e. The van der Waals surface area contributed by atoms with Gasteiger partial charge in [-0.2, -0.15) is 0 Å². The summed E-state index contributed by atoms with van der Waals surface area (Å²) < 4.78 is 0. The van der Waals surface area contributed by atoms with Crippen LogP contribution in [0.4, 0.5) is 0 Å². The van der Waals surface area contributed by atoms with E-state index in [0.29, 0.717) is 0 Å². The molecule has 21 heavy (non-hydrogen) atoms. The molecule has 2 N–H and O–H groups in total. The van der Waals surface area contributed by atoms with Crippen molar-refractivity contribution < 1.29 is 0 Å². The molecule has 0 radical (unpaired) electrons. The molecule has 0 aliphatic carbocycles. The molecule has 0 aromatic carbocycles. The zero-order valence-corrected chi connectivity index (χ0v) is 14.1. The van der Waals surface area contributed by atoms with E-state index in [4.69, 9.17) is 5.73 Å². The Morgan fingerprint density at radius 3 is 2.52 bits per heavy atom. The van der Waals surface area contributed by atoms with Gasteiger partial charge < -0.3 is 5.73 Å². The van der Waals surface area contributed by atoms with Crippen LogP contribution in [0.1, 0.15) is 46.0 Å². The summed E-state index contributed by atoms with van der Waals surface area (Å²) in [7, 11) is 0. The van der Waals surface area contributed by atoms with Gasteiger partial charge in [0.1, 0.15) is 0 Å². The second kappa shape index (κ2) is 6.53. The first-order chi connectivity index (χ1) is 10.2. The predicted octanol–water partition coefficient (Wildman–Crippen LogP) is 1.36. The molecule has 122 valence electrons. The first kappa shape index (κ1) is 15.7. The van der Waals surface area contributed by atoms with Crippen LogP contribution >= 0.6 is 0 Å². The zero-order chi connectivity index (χ0) is 14.9. The van der Waals surface area contributed by atoms with Crippen LogP contribution < -0.4 is 5.73 Å². The number of nitrogens with two attached hydrogens (primary N) is 1. The van der Waals surface area contributed by atoms with Crippen molar-refractivity contribution in [3.63, 3.8) is 0 Å². The van der Waals surface area contributed by atoms with Crippen LogP contribution in [-0.2, 0) is 0 Å². The van der Waals surface area contributed by atoms with E-state index in [-0.39, 0.29) is 5.54 Å². The van der Waals surface area contributed by atoms with Crippen LogP contribution in [0.5, 0.6) is 0 Å². The Bertz CT molecular complexity index is 340. The van der Waals surface area contributed by atoms with Crippen LogP contribution in [0.15, 0.2) is 0 Å². The van der Waals surface area contributed by atoms with Crippen molar-refractivity contribution in [1.29, 1.82) is 0 Å². The van der Waals surface area contributed by atoms with Crippen LogP contribution in [-0.4, -0.2) is 78.1 Å². The van der Waals surface area contributed by atoms with E-state index >= 15 is 0 Å². The highest BCUT2D eigenvalue weighted by Crippen LogP contribution is 2.39. The standard InChI is InChI=1S/C17H34N4/c1-3-15(2)19-10-12-21(13-11-19)17(14-18)7-9-20-8-5-4-6-16(17)20/h15-16H,3-14,18H2,1-2H3. The average molecular weight is 294 g/mol. The van der Waals surface area contributed by atoms with Crippen LogP contribution in [0.2, 0.25) is 0 Å². The largest absolute Gasteiger partial charge is 0.329 e. The number of hydrogen-bond acceptors (Lipinski definition) is 4. The maximum atomic E-state index is 6.35. The fourth-order valence-electron chi connectivity index (χ4n) is 4.97. The van der Waals surface area contributed by atoms with E-state index in [0.717, 1.165) is 18.6 Å². The van der Waals surface area contributed by atoms with Gasteiger partial charge in [-0.1, -0.05) is 13.3 Å². The van der Waals surface area contributed by atoms with Crippen molar-refractivity contribution in [3.05, 3.63) is 0 Å². The summed E-state index contributed by atoms with van der Waals surface area (Å²) in [5, 5.41) is 0. The molecule has 3 rings (SSSR count). The quantitative estimate of drug-likeness (QED) is 0.849. The first-order valence-electron chi connectivity index (χ1n) is 9.14. The molecule has 3 aliphatic rings. The third-order valence-corrected chi connectivity index (χ3v) is 6.58. The van der Waals surface area contributed by atoms with Crippen molar-refractivity contribution in [3.8, 4) is 0 Å². The minimum absolute atomic E-state index is 0.280. The number of piperidine rings is 1. The van der Waals surface area contributed by atoms with Gasteiger partial charge in [-0.15, -0.1) is 0 Å². The lowest BCUT2D eigenvalue weighted by Crippen LogP contribution is -2.66. The van der Waals surface area contributed by atoms with Crippen LogP contribution in [0.25, 0.3) is 0 Å². The molecule has 3 fully saturated rings. The Labute approximate surface area is 130 Å². The lowest BCUT2D eigenvalue weighted by molar-refractivity contribution is -0.00546. The van der Waals surface area contributed by atoms with Crippen molar-refractivity contribution in [2.24, 2.45) is 5.73 Å². The zero-order valence-electron chi connectivity index (χ0n) is 14.1. The third kappa shape index (κ3) is 2.76. The highest BCUT2D eigenvalue weighted by Gasteiger charge is 2.50. The second-order valence-corrected chi connectivity index (χ2v) is 7.39. The summed E-state index contributed by atoms with van der Waals surface area (Å²) in [6.07, 6.45) is 6.70. The number of fused-ring (bicyclic) bond motifs is 1. The molecule has 4 nitrogen and oxygen atoms in total. The van der Waals surface area contributed by atoms with E-state index in [1.807, 2.05) is 0 Å². The summed E-state index contributed by atoms with van der Waals surface area (Å²) in [4.78, 5) is 8.16. The molecule has 0 aromatic rings. The molecule has 3 aliphatic heterocycles. The highest BCUT2D eigenvalue weighted by atomic mass is 15.4. The van der Waals surface area contributed by atoms with Gasteiger partial charge in [0.05, 0.1) is 0 Å². The molecule has 0 spiro atoms. The highest BCUT2D eigenvalue weighted by molar-refractivity contribution is 5.09. The molecular weight excluding hydrogens is 260 g/mol. The number of nitrogens with zero attached hydrogens (tertiary/aromatic N) is 3. The second-order valence-electron chi connectivity index (χ2n) is 7.39. The molecule has 0 amide bonds. The van der Waals surface area contributed by atoms with Gasteiger partial charge in [0.2, 0.25) is 0 Å². The Balaban J connectivity index is 1.67. The maximum absolute atomic E-state index is 6.35. The van der Waals surface area contributed by atoms with E-state index in [1.165, 1.54) is 71.4 Å². The van der Waals surface area contributed by atoms with Gasteiger partial charge in [0.25, 0.3) is 0 Å². The normalized spacial score (nSPS) is 37.6. The fourth-order valence-corrected chi connectivity index (χ4v) is 4.97. The fraction of sp³-hybridized carbons (Fsp3) is 1.00. The number of rotatable bonds is 4. The lowest BCUT2D eigenvalue weighted by atomic mass is 9.83. The third-order valence-electron chi connectivity index (χ3n) is 6.58. The minimum atomic E-state index is 0.280. The molecule has 3 saturated heterocycles. The van der Waals surface area contributed by atoms with Crippen molar-refractivity contribution in [2.45, 2.75) is 63.6 Å². The van der Waals surface area contributed by atoms with E-state index in [9.17, 15) is 0 Å². The summed E-state index contributed by atoms with van der Waals surface area (Å²) in [6.45, 7) is 13.0. The van der Waals surface area contributed by atoms with Crippen molar-refractivity contribution in [1.82, 2.24) is 14.7 Å². The topological polar surface area (TPSA) is 35.7 Å². The smallest absolute Gasteiger partial charge is 0.0499 e. The summed E-state index contributed by atoms with van der Waals surface area (Å²) in [5.41, 5.74) is 6.63. The lowest BCUT2D eigenvalue weighted by Gasteiger charge is -2.51. The van der Waals surface area contributed by atoms with E-state index < -0.39 is 0 Å².